The number of nitrogen functional groups attached to an aromatic ring is 2. The highest BCUT2D eigenvalue weighted by Gasteiger charge is 2.30. The Morgan fingerprint density at radius 1 is 1.12 bits per heavy atom. The van der Waals surface area contributed by atoms with E-state index in [2.05, 4.69) is 22.9 Å². The molecule has 1 aliphatic heterocycles. The maximum Gasteiger partial charge on any atom is 0.147 e. The molecule has 5 heteroatoms. The van der Waals surface area contributed by atoms with Gasteiger partial charge in [-0.2, -0.15) is 0 Å². The molecular weight excluding hydrogens is 300 g/mol. The number of aryl methyl sites for hydroxylation is 1. The van der Waals surface area contributed by atoms with Crippen LogP contribution < -0.4 is 11.5 Å². The first-order valence-corrected chi connectivity index (χ1v) is 9.46. The summed E-state index contributed by atoms with van der Waals surface area (Å²) in [5.74, 6) is 1.01. The third-order valence-corrected chi connectivity index (χ3v) is 5.78. The van der Waals surface area contributed by atoms with Crippen LogP contribution >= 0.6 is 0 Å². The highest BCUT2D eigenvalue weighted by Crippen LogP contribution is 2.36. The van der Waals surface area contributed by atoms with E-state index in [1.807, 2.05) is 6.92 Å². The molecule has 1 aliphatic carbocycles. The third kappa shape index (κ3) is 3.83. The van der Waals surface area contributed by atoms with Crippen LogP contribution in [-0.4, -0.2) is 41.7 Å². The number of nitrogens with two attached hydrogens (primary N) is 2. The fourth-order valence-electron chi connectivity index (χ4n) is 4.46. The lowest BCUT2D eigenvalue weighted by atomic mass is 9.85. The molecule has 0 spiro atoms. The molecule has 24 heavy (non-hydrogen) atoms. The van der Waals surface area contributed by atoms with Crippen LogP contribution in [0.2, 0.25) is 0 Å². The number of pyridine rings is 1. The van der Waals surface area contributed by atoms with Crippen molar-refractivity contribution in [3.05, 3.63) is 17.3 Å². The largest absolute Gasteiger partial charge is 0.396 e. The molecule has 3 rings (SSSR count). The maximum atomic E-state index is 6.19. The fourth-order valence-corrected chi connectivity index (χ4v) is 4.46. The van der Waals surface area contributed by atoms with Gasteiger partial charge in [0.2, 0.25) is 0 Å². The topological polar surface area (TPSA) is 77.4 Å². The number of likely N-dealkylation sites (tertiary alicyclic amines) is 1. The second-order valence-corrected chi connectivity index (χ2v) is 7.35. The Labute approximate surface area is 145 Å². The predicted octanol–water partition coefficient (Wildman–Crippen LogP) is 3.08. The zero-order valence-electron chi connectivity index (χ0n) is 15.1. The smallest absolute Gasteiger partial charge is 0.147 e. The second kappa shape index (κ2) is 7.70. The molecule has 0 bridgehead atoms. The van der Waals surface area contributed by atoms with Crippen LogP contribution in [0.25, 0.3) is 0 Å². The van der Waals surface area contributed by atoms with E-state index in [4.69, 9.17) is 16.2 Å². The Hall–Kier alpha value is -1.33. The summed E-state index contributed by atoms with van der Waals surface area (Å²) in [4.78, 5) is 6.96. The first kappa shape index (κ1) is 17.5. The summed E-state index contributed by atoms with van der Waals surface area (Å²) < 4.78 is 5.78. The standard InChI is InChI=1S/C19H32N4O/c1-3-24-16-6-4-15(5-7-16)23-10-8-14(9-11-23)17-12-13(2)22-19(21)18(17)20/h12,14-16H,3-11,20H2,1-2H3,(H2,21,22)/t15-,16-. The van der Waals surface area contributed by atoms with Crippen molar-refractivity contribution in [3.63, 3.8) is 0 Å². The Bertz CT molecular complexity index is 547. The predicted molar refractivity (Wildman–Crippen MR) is 99.0 cm³/mol. The molecule has 2 fully saturated rings. The van der Waals surface area contributed by atoms with E-state index in [1.54, 1.807) is 0 Å². The van der Waals surface area contributed by atoms with Gasteiger partial charge in [0.25, 0.3) is 0 Å². The van der Waals surface area contributed by atoms with Crippen LogP contribution in [0.1, 0.15) is 62.6 Å². The van der Waals surface area contributed by atoms with E-state index in [-0.39, 0.29) is 0 Å². The molecule has 1 aromatic heterocycles. The van der Waals surface area contributed by atoms with Crippen LogP contribution in [0.4, 0.5) is 11.5 Å². The van der Waals surface area contributed by atoms with E-state index in [0.717, 1.165) is 31.4 Å². The van der Waals surface area contributed by atoms with Crippen LogP contribution in [0, 0.1) is 6.92 Å². The Morgan fingerprint density at radius 2 is 1.79 bits per heavy atom. The summed E-state index contributed by atoms with van der Waals surface area (Å²) in [6.07, 6.45) is 7.80. The molecule has 134 valence electrons. The molecule has 1 saturated carbocycles. The summed E-state index contributed by atoms with van der Waals surface area (Å²) >= 11 is 0. The second-order valence-electron chi connectivity index (χ2n) is 7.35. The van der Waals surface area contributed by atoms with Crippen molar-refractivity contribution in [2.75, 3.05) is 31.2 Å². The minimum absolute atomic E-state index is 0.488. The van der Waals surface area contributed by atoms with Crippen LogP contribution in [0.5, 0.6) is 0 Å². The number of ether oxygens (including phenoxy) is 1. The Balaban J connectivity index is 1.55. The zero-order chi connectivity index (χ0) is 17.1. The Kier molecular flexibility index (Phi) is 5.61. The van der Waals surface area contributed by atoms with Crippen molar-refractivity contribution >= 4 is 11.5 Å². The van der Waals surface area contributed by atoms with Crippen molar-refractivity contribution in [2.45, 2.75) is 70.4 Å². The van der Waals surface area contributed by atoms with E-state index in [1.165, 1.54) is 44.1 Å². The fraction of sp³-hybridized carbons (Fsp3) is 0.737. The number of nitrogens with zero attached hydrogens (tertiary/aromatic N) is 2. The van der Waals surface area contributed by atoms with E-state index < -0.39 is 0 Å². The lowest BCUT2D eigenvalue weighted by molar-refractivity contribution is 0.00947. The van der Waals surface area contributed by atoms with E-state index in [9.17, 15) is 0 Å². The van der Waals surface area contributed by atoms with Gasteiger partial charge in [0, 0.05) is 18.3 Å². The van der Waals surface area contributed by atoms with Gasteiger partial charge in [-0.05, 0) is 83.0 Å². The van der Waals surface area contributed by atoms with Gasteiger partial charge in [0.1, 0.15) is 5.82 Å². The minimum atomic E-state index is 0.488. The van der Waals surface area contributed by atoms with Gasteiger partial charge in [-0.3, -0.25) is 0 Å². The van der Waals surface area contributed by atoms with Crippen LogP contribution in [0.15, 0.2) is 6.07 Å². The molecule has 0 radical (unpaired) electrons. The number of rotatable bonds is 4. The summed E-state index contributed by atoms with van der Waals surface area (Å²) in [7, 11) is 0. The molecule has 1 aromatic rings. The third-order valence-electron chi connectivity index (χ3n) is 5.78. The van der Waals surface area contributed by atoms with Gasteiger partial charge in [0.05, 0.1) is 11.8 Å². The molecule has 0 unspecified atom stereocenters. The molecule has 1 saturated heterocycles. The lowest BCUT2D eigenvalue weighted by Gasteiger charge is -2.41. The number of hydrogen-bond acceptors (Lipinski definition) is 5. The summed E-state index contributed by atoms with van der Waals surface area (Å²) in [6, 6.07) is 2.86. The van der Waals surface area contributed by atoms with Gasteiger partial charge in [0.15, 0.2) is 0 Å². The summed E-state index contributed by atoms with van der Waals surface area (Å²) in [5, 5.41) is 0. The normalized spacial score (nSPS) is 26.6. The maximum absolute atomic E-state index is 6.19. The first-order valence-electron chi connectivity index (χ1n) is 9.46. The molecule has 5 nitrogen and oxygen atoms in total. The first-order chi connectivity index (χ1) is 11.6. The van der Waals surface area contributed by atoms with Crippen molar-refractivity contribution in [2.24, 2.45) is 0 Å². The molecule has 4 N–H and O–H groups in total. The molecule has 0 amide bonds. The zero-order valence-corrected chi connectivity index (χ0v) is 15.1. The van der Waals surface area contributed by atoms with Crippen molar-refractivity contribution in [3.8, 4) is 0 Å². The summed E-state index contributed by atoms with van der Waals surface area (Å²) in [5.41, 5.74) is 15.0. The number of piperidine rings is 1. The summed E-state index contributed by atoms with van der Waals surface area (Å²) in [6.45, 7) is 7.25. The monoisotopic (exact) mass is 332 g/mol. The van der Waals surface area contributed by atoms with Crippen molar-refractivity contribution in [1.82, 2.24) is 9.88 Å². The van der Waals surface area contributed by atoms with Gasteiger partial charge in [-0.15, -0.1) is 0 Å². The Morgan fingerprint density at radius 3 is 2.42 bits per heavy atom. The van der Waals surface area contributed by atoms with Gasteiger partial charge in [-0.25, -0.2) is 4.98 Å². The average molecular weight is 332 g/mol. The number of aromatic nitrogens is 1. The quantitative estimate of drug-likeness (QED) is 0.886. The number of hydrogen-bond donors (Lipinski definition) is 2. The minimum Gasteiger partial charge on any atom is -0.396 e. The van der Waals surface area contributed by atoms with E-state index >= 15 is 0 Å². The number of anilines is 2. The van der Waals surface area contributed by atoms with Crippen molar-refractivity contribution in [1.29, 1.82) is 0 Å². The molecule has 0 aromatic carbocycles. The highest BCUT2D eigenvalue weighted by molar-refractivity contribution is 5.64. The molecule has 2 aliphatic rings. The van der Waals surface area contributed by atoms with Crippen LogP contribution in [-0.2, 0) is 4.74 Å². The van der Waals surface area contributed by atoms with Gasteiger partial charge < -0.3 is 21.1 Å². The molecular formula is C19H32N4O. The molecule has 2 heterocycles. The van der Waals surface area contributed by atoms with Gasteiger partial charge >= 0.3 is 0 Å². The molecule has 0 atom stereocenters. The lowest BCUT2D eigenvalue weighted by Crippen LogP contribution is -2.43. The van der Waals surface area contributed by atoms with E-state index in [0.29, 0.717) is 23.5 Å². The average Bonchev–Trinajstić information content (AvgIpc) is 2.59. The highest BCUT2D eigenvalue weighted by atomic mass is 16.5. The van der Waals surface area contributed by atoms with Gasteiger partial charge in [-0.1, -0.05) is 0 Å². The van der Waals surface area contributed by atoms with Crippen molar-refractivity contribution < 1.29 is 4.74 Å². The van der Waals surface area contributed by atoms with Crippen LogP contribution in [0.3, 0.4) is 0 Å². The SMILES string of the molecule is CCO[C@H]1CC[C@H](N2CCC(c3cc(C)nc(N)c3N)CC2)CC1.